The molecule has 1 fully saturated rings. The number of carbonyl (C=O) groups is 2. The van der Waals surface area contributed by atoms with E-state index in [1.807, 2.05) is 0 Å². The van der Waals surface area contributed by atoms with Gasteiger partial charge in [-0.2, -0.15) is 5.10 Å². The molecule has 7 nitrogen and oxygen atoms in total. The van der Waals surface area contributed by atoms with Crippen molar-refractivity contribution in [1.29, 1.82) is 0 Å². The zero-order chi connectivity index (χ0) is 18.8. The zero-order valence-electron chi connectivity index (χ0n) is 14.0. The van der Waals surface area contributed by atoms with Gasteiger partial charge in [-0.1, -0.05) is 0 Å². The summed E-state index contributed by atoms with van der Waals surface area (Å²) in [5.41, 5.74) is 0.288. The van der Waals surface area contributed by atoms with Gasteiger partial charge in [0, 0.05) is 38.0 Å². The third kappa shape index (κ3) is 3.72. The highest BCUT2D eigenvalue weighted by molar-refractivity contribution is 6.00. The summed E-state index contributed by atoms with van der Waals surface area (Å²) in [5, 5.41) is 13.0. The first-order valence-electron chi connectivity index (χ1n) is 7.97. The normalized spacial score (nSPS) is 17.3. The first-order chi connectivity index (χ1) is 12.3. The summed E-state index contributed by atoms with van der Waals surface area (Å²) in [6.45, 7) is 0.616. The quantitative estimate of drug-likeness (QED) is 0.891. The largest absolute Gasteiger partial charge is 0.481 e. The van der Waals surface area contributed by atoms with E-state index in [2.05, 4.69) is 5.10 Å². The molecule has 1 N–H and O–H groups in total. The number of morpholine rings is 1. The molecular weight excluding hydrogens is 348 g/mol. The number of aliphatic carboxylic acids is 1. The molecule has 1 aliphatic rings. The summed E-state index contributed by atoms with van der Waals surface area (Å²) in [6.07, 6.45) is 0.645. The maximum absolute atomic E-state index is 14.1. The first kappa shape index (κ1) is 18.0. The fourth-order valence-corrected chi connectivity index (χ4v) is 2.92. The molecule has 1 aliphatic heterocycles. The molecule has 0 spiro atoms. The number of carboxylic acid groups (broad SMARTS) is 1. The van der Waals surface area contributed by atoms with Crippen LogP contribution in [-0.4, -0.2) is 57.5 Å². The molecule has 3 rings (SSSR count). The molecule has 0 radical (unpaired) electrons. The standard InChI is InChI=1S/C17H17F2N3O4/c1-21-9-13(16(20-21)12-3-2-10(18)6-14(12)19)17(25)22-4-5-26-11(8-22)7-15(23)24/h2-3,6,9,11H,4-5,7-8H2,1H3,(H,23,24)/t11-/m0/s1. The minimum absolute atomic E-state index is 0.0192. The van der Waals surface area contributed by atoms with Crippen LogP contribution in [0.15, 0.2) is 24.4 Å². The molecule has 1 atom stereocenters. The number of rotatable bonds is 4. The van der Waals surface area contributed by atoms with Crippen molar-refractivity contribution in [2.24, 2.45) is 7.05 Å². The smallest absolute Gasteiger partial charge is 0.306 e. The number of ether oxygens (including phenoxy) is 1. The summed E-state index contributed by atoms with van der Waals surface area (Å²) in [4.78, 5) is 25.2. The van der Waals surface area contributed by atoms with Crippen LogP contribution in [0.2, 0.25) is 0 Å². The van der Waals surface area contributed by atoms with Crippen LogP contribution in [0, 0.1) is 11.6 Å². The van der Waals surface area contributed by atoms with Crippen LogP contribution in [0.4, 0.5) is 8.78 Å². The fraction of sp³-hybridized carbons (Fsp3) is 0.353. The van der Waals surface area contributed by atoms with Crippen LogP contribution in [0.3, 0.4) is 0 Å². The minimum atomic E-state index is -1.01. The Morgan fingerprint density at radius 3 is 2.85 bits per heavy atom. The number of hydrogen-bond donors (Lipinski definition) is 1. The van der Waals surface area contributed by atoms with E-state index in [-0.39, 0.29) is 42.9 Å². The summed E-state index contributed by atoms with van der Waals surface area (Å²) >= 11 is 0. The molecule has 2 heterocycles. The summed E-state index contributed by atoms with van der Waals surface area (Å²) in [5.74, 6) is -2.96. The Balaban J connectivity index is 1.89. The molecule has 138 valence electrons. The van der Waals surface area contributed by atoms with Gasteiger partial charge in [0.2, 0.25) is 0 Å². The molecule has 0 bridgehead atoms. The fourth-order valence-electron chi connectivity index (χ4n) is 2.92. The SMILES string of the molecule is Cn1cc(C(=O)N2CCO[C@@H](CC(=O)O)C2)c(-c2ccc(F)cc2F)n1. The van der Waals surface area contributed by atoms with Crippen LogP contribution in [0.1, 0.15) is 16.8 Å². The molecule has 0 unspecified atom stereocenters. The van der Waals surface area contributed by atoms with Gasteiger partial charge in [-0.15, -0.1) is 0 Å². The Morgan fingerprint density at radius 1 is 1.38 bits per heavy atom. The average Bonchev–Trinajstić information content (AvgIpc) is 2.95. The lowest BCUT2D eigenvalue weighted by molar-refractivity contribution is -0.141. The van der Waals surface area contributed by atoms with Crippen molar-refractivity contribution in [3.05, 3.63) is 41.6 Å². The van der Waals surface area contributed by atoms with Gasteiger partial charge in [-0.25, -0.2) is 8.78 Å². The number of amides is 1. The average molecular weight is 365 g/mol. The summed E-state index contributed by atoms with van der Waals surface area (Å²) in [7, 11) is 1.59. The number of halogens is 2. The van der Waals surface area contributed by atoms with E-state index in [0.717, 1.165) is 12.1 Å². The van der Waals surface area contributed by atoms with Gasteiger partial charge in [0.25, 0.3) is 5.91 Å². The van der Waals surface area contributed by atoms with E-state index in [0.29, 0.717) is 0 Å². The van der Waals surface area contributed by atoms with Crippen molar-refractivity contribution in [2.75, 3.05) is 19.7 Å². The van der Waals surface area contributed by atoms with E-state index in [9.17, 15) is 18.4 Å². The Bertz CT molecular complexity index is 853. The first-order valence-corrected chi connectivity index (χ1v) is 7.97. The maximum Gasteiger partial charge on any atom is 0.306 e. The number of carboxylic acids is 1. The van der Waals surface area contributed by atoms with Gasteiger partial charge in [0.1, 0.15) is 17.3 Å². The van der Waals surface area contributed by atoms with E-state index in [1.165, 1.54) is 21.8 Å². The Kier molecular flexibility index (Phi) is 4.99. The molecule has 0 aliphatic carbocycles. The Hall–Kier alpha value is -2.81. The molecule has 9 heteroatoms. The number of carbonyl (C=O) groups excluding carboxylic acids is 1. The molecular formula is C17H17F2N3O4. The number of benzene rings is 1. The van der Waals surface area contributed by atoms with Gasteiger partial charge in [-0.3, -0.25) is 14.3 Å². The second-order valence-electron chi connectivity index (χ2n) is 6.03. The molecule has 2 aromatic rings. The molecule has 26 heavy (non-hydrogen) atoms. The minimum Gasteiger partial charge on any atom is -0.481 e. The number of aryl methyl sites for hydroxylation is 1. The monoisotopic (exact) mass is 365 g/mol. The third-order valence-electron chi connectivity index (χ3n) is 4.07. The van der Waals surface area contributed by atoms with E-state index >= 15 is 0 Å². The van der Waals surface area contributed by atoms with Crippen LogP contribution < -0.4 is 0 Å². The second kappa shape index (κ2) is 7.20. The van der Waals surface area contributed by atoms with Gasteiger partial charge in [0.15, 0.2) is 0 Å². The number of nitrogens with zero attached hydrogens (tertiary/aromatic N) is 3. The molecule has 0 saturated carbocycles. The van der Waals surface area contributed by atoms with E-state index < -0.39 is 29.6 Å². The summed E-state index contributed by atoms with van der Waals surface area (Å²) in [6, 6.07) is 3.06. The number of hydrogen-bond acceptors (Lipinski definition) is 4. The number of aromatic nitrogens is 2. The van der Waals surface area contributed by atoms with Crippen LogP contribution in [-0.2, 0) is 16.6 Å². The van der Waals surface area contributed by atoms with Crippen molar-refractivity contribution in [2.45, 2.75) is 12.5 Å². The van der Waals surface area contributed by atoms with Gasteiger partial charge in [-0.05, 0) is 12.1 Å². The maximum atomic E-state index is 14.1. The molecule has 1 amide bonds. The lowest BCUT2D eigenvalue weighted by Gasteiger charge is -2.32. The van der Waals surface area contributed by atoms with Crippen molar-refractivity contribution >= 4 is 11.9 Å². The highest BCUT2D eigenvalue weighted by Crippen LogP contribution is 2.27. The highest BCUT2D eigenvalue weighted by Gasteiger charge is 2.29. The van der Waals surface area contributed by atoms with Crippen LogP contribution >= 0.6 is 0 Å². The molecule has 1 aromatic carbocycles. The topological polar surface area (TPSA) is 84.7 Å². The third-order valence-corrected chi connectivity index (χ3v) is 4.07. The molecule has 1 saturated heterocycles. The predicted octanol–water partition coefficient (Wildman–Crippen LogP) is 1.68. The van der Waals surface area contributed by atoms with Crippen LogP contribution in [0.25, 0.3) is 11.3 Å². The van der Waals surface area contributed by atoms with Gasteiger partial charge in [0.05, 0.1) is 24.7 Å². The Morgan fingerprint density at radius 2 is 2.15 bits per heavy atom. The lowest BCUT2D eigenvalue weighted by Crippen LogP contribution is -2.46. The van der Waals surface area contributed by atoms with Gasteiger partial charge < -0.3 is 14.7 Å². The zero-order valence-corrected chi connectivity index (χ0v) is 14.0. The van der Waals surface area contributed by atoms with Crippen molar-refractivity contribution in [3.8, 4) is 11.3 Å². The Labute approximate surface area is 147 Å². The molecule has 1 aromatic heterocycles. The van der Waals surface area contributed by atoms with Crippen molar-refractivity contribution in [1.82, 2.24) is 14.7 Å². The van der Waals surface area contributed by atoms with Crippen molar-refractivity contribution in [3.63, 3.8) is 0 Å². The predicted molar refractivity (Wildman–Crippen MR) is 86.5 cm³/mol. The highest BCUT2D eigenvalue weighted by atomic mass is 19.1. The van der Waals surface area contributed by atoms with Crippen molar-refractivity contribution < 1.29 is 28.2 Å². The van der Waals surface area contributed by atoms with E-state index in [4.69, 9.17) is 9.84 Å². The summed E-state index contributed by atoms with van der Waals surface area (Å²) < 4.78 is 34.0. The van der Waals surface area contributed by atoms with Crippen LogP contribution in [0.5, 0.6) is 0 Å². The van der Waals surface area contributed by atoms with E-state index in [1.54, 1.807) is 7.05 Å². The lowest BCUT2D eigenvalue weighted by atomic mass is 10.1. The van der Waals surface area contributed by atoms with Gasteiger partial charge >= 0.3 is 5.97 Å². The second-order valence-corrected chi connectivity index (χ2v) is 6.03.